The van der Waals surface area contributed by atoms with Crippen LogP contribution in [0, 0.1) is 0 Å². The van der Waals surface area contributed by atoms with Crippen LogP contribution in [0.3, 0.4) is 0 Å². The van der Waals surface area contributed by atoms with Gasteiger partial charge in [0.1, 0.15) is 5.69 Å². The lowest BCUT2D eigenvalue weighted by molar-refractivity contribution is -0.111. The molecule has 34 heavy (non-hydrogen) atoms. The first-order valence-electron chi connectivity index (χ1n) is 10.2. The quantitative estimate of drug-likeness (QED) is 0.186. The number of ether oxygens (including phenoxy) is 1. The second-order valence-electron chi connectivity index (χ2n) is 7.11. The van der Waals surface area contributed by atoms with Gasteiger partial charge in [0.05, 0.1) is 17.2 Å². The Morgan fingerprint density at radius 2 is 1.53 bits per heavy atom. The highest BCUT2D eigenvalue weighted by Gasteiger charge is 2.29. The summed E-state index contributed by atoms with van der Waals surface area (Å²) in [4.78, 5) is 26.0. The number of carbonyl (C=O) groups is 2. The molecule has 0 saturated heterocycles. The first-order chi connectivity index (χ1) is 16.5. The molecule has 0 unspecified atom stereocenters. The highest BCUT2D eigenvalue weighted by molar-refractivity contribution is 6.39. The minimum absolute atomic E-state index is 0.0612. The van der Waals surface area contributed by atoms with E-state index in [0.29, 0.717) is 16.7 Å². The van der Waals surface area contributed by atoms with Crippen LogP contribution in [-0.4, -0.2) is 24.1 Å². The van der Waals surface area contributed by atoms with Crippen LogP contribution in [0.1, 0.15) is 21.5 Å². The summed E-state index contributed by atoms with van der Waals surface area (Å²) in [6.45, 7) is 0. The molecule has 8 heteroatoms. The zero-order chi connectivity index (χ0) is 24.1. The Kier molecular flexibility index (Phi) is 7.11. The van der Waals surface area contributed by atoms with Crippen LogP contribution in [0.15, 0.2) is 83.4 Å². The van der Waals surface area contributed by atoms with E-state index in [1.807, 2.05) is 60.7 Å². The number of amides is 1. The fourth-order valence-corrected chi connectivity index (χ4v) is 3.92. The normalized spacial score (nSPS) is 11.2. The number of benzene rings is 3. The molecule has 0 aliphatic heterocycles. The van der Waals surface area contributed by atoms with Gasteiger partial charge in [0.15, 0.2) is 5.56 Å². The summed E-state index contributed by atoms with van der Waals surface area (Å²) in [5, 5.41) is 7.14. The fraction of sp³-hybridized carbons (Fsp3) is 0.0385. The predicted octanol–water partition coefficient (Wildman–Crippen LogP) is 6.61. The van der Waals surface area contributed by atoms with Crippen LogP contribution in [-0.2, 0) is 9.53 Å². The maximum atomic E-state index is 13.4. The van der Waals surface area contributed by atoms with E-state index < -0.39 is 11.9 Å². The van der Waals surface area contributed by atoms with Crippen LogP contribution in [0.25, 0.3) is 22.9 Å². The third-order valence-corrected chi connectivity index (χ3v) is 5.58. The Morgan fingerprint density at radius 1 is 0.912 bits per heavy atom. The summed E-state index contributed by atoms with van der Waals surface area (Å²) in [5.41, 5.74) is 2.11. The van der Waals surface area contributed by atoms with E-state index in [2.05, 4.69) is 10.5 Å². The number of methoxy groups -OCH3 is 1. The van der Waals surface area contributed by atoms with Crippen molar-refractivity contribution in [2.75, 3.05) is 12.4 Å². The maximum Gasteiger partial charge on any atom is 0.345 e. The SMILES string of the molecule is COC(=O)c1c(-c2c(Cl)cccc2Cl)noc1NC(=O)/C(=C\c1ccccc1)c1ccccc1. The molecule has 1 amide bonds. The molecular formula is C26H18Cl2N2O4. The van der Waals surface area contributed by atoms with E-state index >= 15 is 0 Å². The highest BCUT2D eigenvalue weighted by atomic mass is 35.5. The largest absolute Gasteiger partial charge is 0.465 e. The molecule has 0 spiro atoms. The van der Waals surface area contributed by atoms with Crippen LogP contribution < -0.4 is 5.32 Å². The minimum Gasteiger partial charge on any atom is -0.465 e. The molecule has 0 fully saturated rings. The van der Waals surface area contributed by atoms with E-state index in [1.165, 1.54) is 7.11 Å². The van der Waals surface area contributed by atoms with Crippen molar-refractivity contribution >= 4 is 52.6 Å². The monoisotopic (exact) mass is 492 g/mol. The van der Waals surface area contributed by atoms with Crippen molar-refractivity contribution in [2.45, 2.75) is 0 Å². The minimum atomic E-state index is -0.768. The molecule has 1 heterocycles. The molecule has 1 aromatic heterocycles. The van der Waals surface area contributed by atoms with Crippen LogP contribution >= 0.6 is 23.2 Å². The summed E-state index contributed by atoms with van der Waals surface area (Å²) < 4.78 is 10.3. The van der Waals surface area contributed by atoms with Crippen molar-refractivity contribution < 1.29 is 18.8 Å². The van der Waals surface area contributed by atoms with Gasteiger partial charge in [-0.15, -0.1) is 0 Å². The Balaban J connectivity index is 1.78. The number of aromatic nitrogens is 1. The number of esters is 1. The summed E-state index contributed by atoms with van der Waals surface area (Å²) in [6, 6.07) is 23.4. The molecule has 0 aliphatic carbocycles. The van der Waals surface area contributed by atoms with Crippen LogP contribution in [0.5, 0.6) is 0 Å². The van der Waals surface area contributed by atoms with Crippen molar-refractivity contribution in [1.29, 1.82) is 0 Å². The van der Waals surface area contributed by atoms with E-state index in [-0.39, 0.29) is 27.2 Å². The Bertz CT molecular complexity index is 1350. The van der Waals surface area contributed by atoms with E-state index in [0.717, 1.165) is 5.56 Å². The van der Waals surface area contributed by atoms with Crippen molar-refractivity contribution in [3.63, 3.8) is 0 Å². The van der Waals surface area contributed by atoms with Crippen molar-refractivity contribution in [3.8, 4) is 11.3 Å². The second-order valence-corrected chi connectivity index (χ2v) is 7.93. The zero-order valence-corrected chi connectivity index (χ0v) is 19.4. The lowest BCUT2D eigenvalue weighted by atomic mass is 10.0. The number of nitrogens with zero attached hydrogens (tertiary/aromatic N) is 1. The molecule has 4 aromatic rings. The van der Waals surface area contributed by atoms with Crippen LogP contribution in [0.4, 0.5) is 5.88 Å². The van der Waals surface area contributed by atoms with Gasteiger partial charge in [0.25, 0.3) is 5.91 Å². The van der Waals surface area contributed by atoms with Gasteiger partial charge in [-0.05, 0) is 29.3 Å². The molecule has 170 valence electrons. The number of halogens is 2. The molecule has 0 aliphatic rings. The number of anilines is 1. The van der Waals surface area contributed by atoms with Crippen molar-refractivity contribution in [2.24, 2.45) is 0 Å². The standard InChI is InChI=1S/C26H18Cl2N2O4/c1-33-26(32)22-23(21-19(27)13-8-14-20(21)28)30-34-25(22)29-24(31)18(17-11-6-3-7-12-17)15-16-9-4-2-5-10-16/h2-15H,1H3,(H,29,31)/b18-15-. The van der Waals surface area contributed by atoms with E-state index in [1.54, 1.807) is 24.3 Å². The summed E-state index contributed by atoms with van der Waals surface area (Å²) in [6.07, 6.45) is 1.74. The molecule has 6 nitrogen and oxygen atoms in total. The van der Waals surface area contributed by atoms with Gasteiger partial charge < -0.3 is 9.26 Å². The van der Waals surface area contributed by atoms with Gasteiger partial charge in [-0.1, -0.05) is 95.1 Å². The number of hydrogen-bond acceptors (Lipinski definition) is 5. The smallest absolute Gasteiger partial charge is 0.345 e. The molecule has 0 radical (unpaired) electrons. The molecule has 4 rings (SSSR count). The lowest BCUT2D eigenvalue weighted by Gasteiger charge is -2.09. The fourth-order valence-electron chi connectivity index (χ4n) is 3.35. The summed E-state index contributed by atoms with van der Waals surface area (Å²) in [7, 11) is 1.21. The van der Waals surface area contributed by atoms with Gasteiger partial charge in [-0.2, -0.15) is 0 Å². The highest BCUT2D eigenvalue weighted by Crippen LogP contribution is 2.38. The number of carbonyl (C=O) groups excluding carboxylic acids is 2. The first kappa shape index (κ1) is 23.3. The van der Waals surface area contributed by atoms with E-state index in [9.17, 15) is 9.59 Å². The molecule has 0 atom stereocenters. The Labute approximate surface area is 205 Å². The summed E-state index contributed by atoms with van der Waals surface area (Å²) >= 11 is 12.6. The maximum absolute atomic E-state index is 13.4. The van der Waals surface area contributed by atoms with Crippen molar-refractivity contribution in [1.82, 2.24) is 5.16 Å². The number of nitrogens with one attached hydrogen (secondary N) is 1. The van der Waals surface area contributed by atoms with Crippen LogP contribution in [0.2, 0.25) is 10.0 Å². The van der Waals surface area contributed by atoms with Gasteiger partial charge in [0, 0.05) is 11.1 Å². The third kappa shape index (κ3) is 4.88. The molecule has 3 aromatic carbocycles. The summed E-state index contributed by atoms with van der Waals surface area (Å²) in [5.74, 6) is -1.46. The predicted molar refractivity (Wildman–Crippen MR) is 133 cm³/mol. The van der Waals surface area contributed by atoms with Crippen molar-refractivity contribution in [3.05, 3.63) is 106 Å². The Hall–Kier alpha value is -3.87. The molecular weight excluding hydrogens is 475 g/mol. The lowest BCUT2D eigenvalue weighted by Crippen LogP contribution is -2.16. The first-order valence-corrected chi connectivity index (χ1v) is 10.9. The molecule has 0 bridgehead atoms. The van der Waals surface area contributed by atoms with Gasteiger partial charge in [0.2, 0.25) is 5.88 Å². The molecule has 1 N–H and O–H groups in total. The average molecular weight is 493 g/mol. The van der Waals surface area contributed by atoms with E-state index in [4.69, 9.17) is 32.5 Å². The zero-order valence-electron chi connectivity index (χ0n) is 17.9. The third-order valence-electron chi connectivity index (χ3n) is 4.95. The van der Waals surface area contributed by atoms with Gasteiger partial charge in [-0.25, -0.2) is 4.79 Å². The average Bonchev–Trinajstić information content (AvgIpc) is 3.26. The number of rotatable bonds is 6. The van der Waals surface area contributed by atoms with Gasteiger partial charge in [-0.3, -0.25) is 10.1 Å². The number of hydrogen-bond donors (Lipinski definition) is 1. The molecule has 0 saturated carbocycles. The second kappa shape index (κ2) is 10.4. The Morgan fingerprint density at radius 3 is 2.15 bits per heavy atom. The van der Waals surface area contributed by atoms with Gasteiger partial charge >= 0.3 is 5.97 Å². The topological polar surface area (TPSA) is 81.4 Å².